The van der Waals surface area contributed by atoms with Crippen molar-refractivity contribution in [1.82, 2.24) is 4.90 Å². The van der Waals surface area contributed by atoms with Crippen LogP contribution in [0.25, 0.3) is 0 Å². The number of likely N-dealkylation sites (tertiary alicyclic amines) is 1. The molecule has 4 nitrogen and oxygen atoms in total. The molecule has 1 aromatic rings. The molecule has 0 unspecified atom stereocenters. The minimum atomic E-state index is -0.178. The maximum atomic E-state index is 10.2. The number of rotatable bonds is 5. The van der Waals surface area contributed by atoms with Gasteiger partial charge in [-0.25, -0.2) is 0 Å². The summed E-state index contributed by atoms with van der Waals surface area (Å²) in [4.78, 5) is 2.47. The highest BCUT2D eigenvalue weighted by Gasteiger charge is 2.55. The van der Waals surface area contributed by atoms with Gasteiger partial charge in [0, 0.05) is 25.0 Å². The monoisotopic (exact) mass is 305 g/mol. The Bertz CT molecular complexity index is 495. The van der Waals surface area contributed by atoms with Gasteiger partial charge in [0.2, 0.25) is 0 Å². The number of benzene rings is 1. The number of aliphatic hydroxyl groups is 1. The van der Waals surface area contributed by atoms with Gasteiger partial charge in [-0.1, -0.05) is 12.1 Å². The van der Waals surface area contributed by atoms with Gasteiger partial charge < -0.3 is 14.6 Å². The Morgan fingerprint density at radius 2 is 2.09 bits per heavy atom. The predicted octanol–water partition coefficient (Wildman–Crippen LogP) is 2.45. The van der Waals surface area contributed by atoms with Crippen molar-refractivity contribution in [3.8, 4) is 5.75 Å². The summed E-state index contributed by atoms with van der Waals surface area (Å²) in [7, 11) is 1.70. The average Bonchev–Trinajstić information content (AvgIpc) is 2.55. The first kappa shape index (κ1) is 15.8. The summed E-state index contributed by atoms with van der Waals surface area (Å²) in [6, 6.07) is 8.27. The molecule has 1 aliphatic carbocycles. The molecule has 0 bridgehead atoms. The molecule has 1 aliphatic heterocycles. The van der Waals surface area contributed by atoms with Crippen LogP contribution in [0.15, 0.2) is 24.3 Å². The molecule has 0 radical (unpaired) electrons. The molecule has 122 valence electrons. The lowest BCUT2D eigenvalue weighted by Crippen LogP contribution is -2.62. The van der Waals surface area contributed by atoms with Crippen LogP contribution in [0.3, 0.4) is 0 Å². The van der Waals surface area contributed by atoms with E-state index < -0.39 is 0 Å². The van der Waals surface area contributed by atoms with Gasteiger partial charge in [-0.2, -0.15) is 0 Å². The van der Waals surface area contributed by atoms with Gasteiger partial charge in [-0.3, -0.25) is 4.90 Å². The maximum Gasteiger partial charge on any atom is 0.119 e. The number of hydrogen-bond acceptors (Lipinski definition) is 4. The van der Waals surface area contributed by atoms with E-state index in [1.54, 1.807) is 7.11 Å². The predicted molar refractivity (Wildman–Crippen MR) is 86.0 cm³/mol. The molecular formula is C18H27NO3. The summed E-state index contributed by atoms with van der Waals surface area (Å²) >= 11 is 0. The van der Waals surface area contributed by atoms with Gasteiger partial charge in [-0.15, -0.1) is 0 Å². The fraction of sp³-hybridized carbons (Fsp3) is 0.667. The Labute approximate surface area is 133 Å². The van der Waals surface area contributed by atoms with Gasteiger partial charge in [0.25, 0.3) is 0 Å². The van der Waals surface area contributed by atoms with Crippen molar-refractivity contribution in [2.75, 3.05) is 26.8 Å². The Balaban J connectivity index is 1.57. The third-order valence-corrected chi connectivity index (χ3v) is 5.44. The van der Waals surface area contributed by atoms with Crippen LogP contribution in [0, 0.1) is 5.41 Å². The number of methoxy groups -OCH3 is 1. The van der Waals surface area contributed by atoms with Crippen LogP contribution in [0.4, 0.5) is 0 Å². The van der Waals surface area contributed by atoms with Gasteiger partial charge >= 0.3 is 0 Å². The molecule has 0 aromatic heterocycles. The lowest BCUT2D eigenvalue weighted by atomic mass is 9.58. The summed E-state index contributed by atoms with van der Waals surface area (Å²) < 4.78 is 11.1. The smallest absolute Gasteiger partial charge is 0.119 e. The van der Waals surface area contributed by atoms with Crippen molar-refractivity contribution in [3.63, 3.8) is 0 Å². The summed E-state index contributed by atoms with van der Waals surface area (Å²) in [5.74, 6) is 0.914. The Kier molecular flexibility index (Phi) is 4.71. The highest BCUT2D eigenvalue weighted by atomic mass is 16.5. The Morgan fingerprint density at radius 1 is 1.32 bits per heavy atom. The number of aliphatic hydroxyl groups excluding tert-OH is 1. The second-order valence-electron chi connectivity index (χ2n) is 6.56. The fourth-order valence-electron chi connectivity index (χ4n) is 3.97. The molecule has 4 heteroatoms. The molecule has 1 aromatic carbocycles. The van der Waals surface area contributed by atoms with Crippen LogP contribution in [0.5, 0.6) is 5.75 Å². The van der Waals surface area contributed by atoms with E-state index in [-0.39, 0.29) is 17.6 Å². The highest BCUT2D eigenvalue weighted by molar-refractivity contribution is 5.28. The molecular weight excluding hydrogens is 278 g/mol. The Hall–Kier alpha value is -1.10. The molecule has 1 heterocycles. The van der Waals surface area contributed by atoms with E-state index in [0.717, 1.165) is 51.3 Å². The van der Waals surface area contributed by atoms with Gasteiger partial charge in [-0.05, 0) is 50.6 Å². The standard InChI is InChI=1S/C18H27NO3/c1-3-22-17-12-16(20)18(17)7-9-19(10-8-18)13-14-5-4-6-15(11-14)21-2/h4-6,11,16-17,20H,3,7-10,12-13H2,1-2H3/t16-,17-/m1/s1. The zero-order valence-corrected chi connectivity index (χ0v) is 13.6. The average molecular weight is 305 g/mol. The van der Waals surface area contributed by atoms with E-state index in [9.17, 15) is 5.11 Å². The summed E-state index contributed by atoms with van der Waals surface area (Å²) in [5, 5.41) is 10.2. The second-order valence-corrected chi connectivity index (χ2v) is 6.56. The zero-order chi connectivity index (χ0) is 15.6. The molecule has 2 fully saturated rings. The second kappa shape index (κ2) is 6.57. The topological polar surface area (TPSA) is 41.9 Å². The largest absolute Gasteiger partial charge is 0.497 e. The third kappa shape index (κ3) is 2.87. The summed E-state index contributed by atoms with van der Waals surface area (Å²) in [6.07, 6.45) is 2.95. The molecule has 1 spiro atoms. The van der Waals surface area contributed by atoms with Crippen LogP contribution in [-0.2, 0) is 11.3 Å². The van der Waals surface area contributed by atoms with E-state index in [2.05, 4.69) is 17.0 Å². The quantitative estimate of drug-likeness (QED) is 0.907. The maximum absolute atomic E-state index is 10.2. The Morgan fingerprint density at radius 3 is 2.73 bits per heavy atom. The summed E-state index contributed by atoms with van der Waals surface area (Å²) in [6.45, 7) is 5.78. The van der Waals surface area contributed by atoms with E-state index >= 15 is 0 Å². The molecule has 1 N–H and O–H groups in total. The first-order valence-electron chi connectivity index (χ1n) is 8.33. The van der Waals surface area contributed by atoms with E-state index in [0.29, 0.717) is 0 Å². The molecule has 1 saturated heterocycles. The van der Waals surface area contributed by atoms with E-state index in [4.69, 9.17) is 9.47 Å². The molecule has 0 amide bonds. The molecule has 1 saturated carbocycles. The van der Waals surface area contributed by atoms with E-state index in [1.165, 1.54) is 5.56 Å². The number of ether oxygens (including phenoxy) is 2. The van der Waals surface area contributed by atoms with Crippen LogP contribution in [-0.4, -0.2) is 49.0 Å². The summed E-state index contributed by atoms with van der Waals surface area (Å²) in [5.41, 5.74) is 1.30. The number of piperidine rings is 1. The van der Waals surface area contributed by atoms with Crippen LogP contribution < -0.4 is 4.74 Å². The van der Waals surface area contributed by atoms with Gasteiger partial charge in [0.05, 0.1) is 19.3 Å². The van der Waals surface area contributed by atoms with Crippen LogP contribution >= 0.6 is 0 Å². The molecule has 22 heavy (non-hydrogen) atoms. The first-order chi connectivity index (χ1) is 10.7. The fourth-order valence-corrected chi connectivity index (χ4v) is 3.97. The van der Waals surface area contributed by atoms with Gasteiger partial charge in [0.1, 0.15) is 5.75 Å². The molecule has 2 aliphatic rings. The van der Waals surface area contributed by atoms with Gasteiger partial charge in [0.15, 0.2) is 0 Å². The van der Waals surface area contributed by atoms with Crippen molar-refractivity contribution < 1.29 is 14.6 Å². The first-order valence-corrected chi connectivity index (χ1v) is 8.33. The molecule has 3 rings (SSSR count). The van der Waals surface area contributed by atoms with Crippen LogP contribution in [0.1, 0.15) is 31.7 Å². The van der Waals surface area contributed by atoms with Crippen molar-refractivity contribution in [3.05, 3.63) is 29.8 Å². The number of nitrogens with zero attached hydrogens (tertiary/aromatic N) is 1. The highest BCUT2D eigenvalue weighted by Crippen LogP contribution is 2.51. The minimum absolute atomic E-state index is 0.0148. The lowest BCUT2D eigenvalue weighted by molar-refractivity contribution is -0.209. The van der Waals surface area contributed by atoms with E-state index in [1.807, 2.05) is 19.1 Å². The number of hydrogen-bond donors (Lipinski definition) is 1. The molecule has 2 atom stereocenters. The van der Waals surface area contributed by atoms with Crippen molar-refractivity contribution in [2.45, 2.75) is 44.9 Å². The minimum Gasteiger partial charge on any atom is -0.497 e. The SMILES string of the molecule is CCO[C@@H]1C[C@@H](O)C12CCN(Cc1cccc(OC)c1)CC2. The zero-order valence-electron chi connectivity index (χ0n) is 13.6. The van der Waals surface area contributed by atoms with Crippen molar-refractivity contribution in [2.24, 2.45) is 5.41 Å². The third-order valence-electron chi connectivity index (χ3n) is 5.44. The van der Waals surface area contributed by atoms with Crippen molar-refractivity contribution >= 4 is 0 Å². The normalized spacial score (nSPS) is 27.6. The lowest BCUT2D eigenvalue weighted by Gasteiger charge is -2.56. The van der Waals surface area contributed by atoms with Crippen molar-refractivity contribution in [1.29, 1.82) is 0 Å². The van der Waals surface area contributed by atoms with Crippen LogP contribution in [0.2, 0.25) is 0 Å².